The largest absolute Gasteiger partial charge is 0.381 e. The number of rotatable bonds is 6. The van der Waals surface area contributed by atoms with Gasteiger partial charge in [-0.3, -0.25) is 4.79 Å². The van der Waals surface area contributed by atoms with Crippen molar-refractivity contribution in [1.82, 2.24) is 10.6 Å². The van der Waals surface area contributed by atoms with Crippen molar-refractivity contribution in [3.05, 3.63) is 34.3 Å². The molecule has 22 heavy (non-hydrogen) atoms. The first-order valence-electron chi connectivity index (χ1n) is 8.03. The summed E-state index contributed by atoms with van der Waals surface area (Å²) in [5, 5.41) is 6.53. The molecule has 5 heteroatoms. The zero-order chi connectivity index (χ0) is 15.4. The molecule has 1 saturated carbocycles. The third kappa shape index (κ3) is 4.09. The van der Waals surface area contributed by atoms with E-state index in [-0.39, 0.29) is 11.4 Å². The van der Waals surface area contributed by atoms with E-state index in [1.165, 1.54) is 12.8 Å². The molecule has 3 rings (SSSR count). The normalized spacial score (nSPS) is 20.6. The maximum absolute atomic E-state index is 12.3. The molecule has 1 amide bonds. The number of benzene rings is 1. The molecule has 1 heterocycles. The van der Waals surface area contributed by atoms with Crippen molar-refractivity contribution in [2.45, 2.75) is 31.2 Å². The Kier molecular flexibility index (Phi) is 5.16. The summed E-state index contributed by atoms with van der Waals surface area (Å²) in [6, 6.07) is 8.24. The van der Waals surface area contributed by atoms with E-state index in [4.69, 9.17) is 4.74 Å². The van der Waals surface area contributed by atoms with Crippen LogP contribution in [0.2, 0.25) is 0 Å². The fraction of sp³-hybridized carbons (Fsp3) is 0.588. The van der Waals surface area contributed by atoms with Crippen LogP contribution in [0.3, 0.4) is 0 Å². The molecule has 2 aliphatic rings. The minimum atomic E-state index is -0.294. The summed E-state index contributed by atoms with van der Waals surface area (Å²) in [5.41, 5.74) is 0.867. The number of carbonyl (C=O) groups is 1. The maximum atomic E-state index is 12.3. The van der Waals surface area contributed by atoms with Crippen molar-refractivity contribution < 1.29 is 9.53 Å². The van der Waals surface area contributed by atoms with Crippen LogP contribution >= 0.6 is 15.9 Å². The summed E-state index contributed by atoms with van der Waals surface area (Å²) in [5.74, 6) is 0.863. The Balaban J connectivity index is 1.65. The number of hydrogen-bond donors (Lipinski definition) is 2. The summed E-state index contributed by atoms with van der Waals surface area (Å²) in [6.07, 6.45) is 4.25. The fourth-order valence-electron chi connectivity index (χ4n) is 3.00. The summed E-state index contributed by atoms with van der Waals surface area (Å²) in [7, 11) is 0. The van der Waals surface area contributed by atoms with Gasteiger partial charge >= 0.3 is 0 Å². The lowest BCUT2D eigenvalue weighted by atomic mass is 9.82. The van der Waals surface area contributed by atoms with Crippen molar-refractivity contribution in [2.24, 2.45) is 5.92 Å². The van der Waals surface area contributed by atoms with Crippen LogP contribution in [0.5, 0.6) is 0 Å². The predicted octanol–water partition coefficient (Wildman–Crippen LogP) is 2.57. The molecule has 1 aromatic carbocycles. The second kappa shape index (κ2) is 7.11. The van der Waals surface area contributed by atoms with Gasteiger partial charge in [-0.25, -0.2) is 0 Å². The summed E-state index contributed by atoms with van der Waals surface area (Å²) in [6.45, 7) is 2.73. The highest BCUT2D eigenvalue weighted by molar-refractivity contribution is 9.10. The zero-order valence-corrected chi connectivity index (χ0v) is 14.3. The van der Waals surface area contributed by atoms with E-state index < -0.39 is 0 Å². The fourth-order valence-corrected chi connectivity index (χ4v) is 3.26. The average molecular weight is 367 g/mol. The lowest BCUT2D eigenvalue weighted by Gasteiger charge is -2.38. The lowest BCUT2D eigenvalue weighted by Crippen LogP contribution is -2.51. The molecular weight excluding hydrogens is 344 g/mol. The Hall–Kier alpha value is -0.910. The molecular formula is C17H23BrN2O2. The van der Waals surface area contributed by atoms with E-state index in [0.717, 1.165) is 35.3 Å². The summed E-state index contributed by atoms with van der Waals surface area (Å²) >= 11 is 3.47. The zero-order valence-electron chi connectivity index (χ0n) is 12.7. The molecule has 1 aliphatic heterocycles. The molecule has 2 N–H and O–H groups in total. The minimum Gasteiger partial charge on any atom is -0.381 e. The van der Waals surface area contributed by atoms with Gasteiger partial charge in [0.15, 0.2) is 0 Å². The highest BCUT2D eigenvalue weighted by atomic mass is 79.9. The number of nitrogens with one attached hydrogen (secondary N) is 2. The van der Waals surface area contributed by atoms with Crippen LogP contribution < -0.4 is 10.6 Å². The van der Waals surface area contributed by atoms with E-state index in [2.05, 4.69) is 38.7 Å². The third-order valence-corrected chi connectivity index (χ3v) is 5.07. The Morgan fingerprint density at radius 1 is 1.23 bits per heavy atom. The van der Waals surface area contributed by atoms with E-state index in [9.17, 15) is 4.79 Å². The van der Waals surface area contributed by atoms with Gasteiger partial charge < -0.3 is 15.4 Å². The summed E-state index contributed by atoms with van der Waals surface area (Å²) < 4.78 is 6.55. The monoisotopic (exact) mass is 366 g/mol. The van der Waals surface area contributed by atoms with Crippen molar-refractivity contribution in [1.29, 1.82) is 0 Å². The van der Waals surface area contributed by atoms with Crippen molar-refractivity contribution in [2.75, 3.05) is 26.3 Å². The molecule has 0 bridgehead atoms. The standard InChI is InChI=1S/C17H23BrN2O2/c18-15-5-3-14(4-6-15)17(7-9-22-10-8-17)20-16(21)12-19-11-13-1-2-13/h3-6,13,19H,1-2,7-12H2,(H,20,21). The average Bonchev–Trinajstić information content (AvgIpc) is 3.33. The number of hydrogen-bond acceptors (Lipinski definition) is 3. The second-order valence-corrected chi connectivity index (χ2v) is 7.24. The number of ether oxygens (including phenoxy) is 1. The second-order valence-electron chi connectivity index (χ2n) is 6.32. The van der Waals surface area contributed by atoms with Gasteiger partial charge in [-0.15, -0.1) is 0 Å². The molecule has 1 aromatic rings. The van der Waals surface area contributed by atoms with E-state index >= 15 is 0 Å². The molecule has 0 atom stereocenters. The smallest absolute Gasteiger partial charge is 0.234 e. The highest BCUT2D eigenvalue weighted by Crippen LogP contribution is 2.33. The molecule has 120 valence electrons. The molecule has 1 aliphatic carbocycles. The Morgan fingerprint density at radius 2 is 1.91 bits per heavy atom. The van der Waals surface area contributed by atoms with Crippen LogP contribution in [0.25, 0.3) is 0 Å². The van der Waals surface area contributed by atoms with Crippen LogP contribution in [0.15, 0.2) is 28.7 Å². The third-order valence-electron chi connectivity index (χ3n) is 4.54. The molecule has 0 spiro atoms. The lowest BCUT2D eigenvalue weighted by molar-refractivity contribution is -0.123. The van der Waals surface area contributed by atoms with Gasteiger partial charge in [-0.2, -0.15) is 0 Å². The Morgan fingerprint density at radius 3 is 2.55 bits per heavy atom. The van der Waals surface area contributed by atoms with E-state index in [0.29, 0.717) is 19.8 Å². The maximum Gasteiger partial charge on any atom is 0.234 e. The molecule has 0 radical (unpaired) electrons. The number of halogens is 1. The van der Waals surface area contributed by atoms with Crippen LogP contribution in [-0.2, 0) is 15.1 Å². The molecule has 0 aromatic heterocycles. The van der Waals surface area contributed by atoms with Gasteiger partial charge in [0, 0.05) is 17.7 Å². The van der Waals surface area contributed by atoms with Gasteiger partial charge in [0.05, 0.1) is 12.1 Å². The Labute approximate surface area is 140 Å². The SMILES string of the molecule is O=C(CNCC1CC1)NC1(c2ccc(Br)cc2)CCOCC1. The summed E-state index contributed by atoms with van der Waals surface area (Å²) in [4.78, 5) is 12.3. The van der Waals surface area contributed by atoms with E-state index in [1.54, 1.807) is 0 Å². The van der Waals surface area contributed by atoms with Gasteiger partial charge in [0.1, 0.15) is 0 Å². The quantitative estimate of drug-likeness (QED) is 0.813. The van der Waals surface area contributed by atoms with Gasteiger partial charge in [0.25, 0.3) is 0 Å². The molecule has 1 saturated heterocycles. The van der Waals surface area contributed by atoms with Gasteiger partial charge in [-0.1, -0.05) is 28.1 Å². The predicted molar refractivity (Wildman–Crippen MR) is 89.6 cm³/mol. The molecule has 4 nitrogen and oxygen atoms in total. The van der Waals surface area contributed by atoms with Crippen LogP contribution in [0.4, 0.5) is 0 Å². The number of amides is 1. The van der Waals surface area contributed by atoms with Crippen LogP contribution in [0, 0.1) is 5.92 Å². The minimum absolute atomic E-state index is 0.0745. The van der Waals surface area contributed by atoms with E-state index in [1.807, 2.05) is 12.1 Å². The van der Waals surface area contributed by atoms with Crippen LogP contribution in [-0.4, -0.2) is 32.2 Å². The molecule has 2 fully saturated rings. The first-order chi connectivity index (χ1) is 10.7. The van der Waals surface area contributed by atoms with Gasteiger partial charge in [-0.05, 0) is 55.8 Å². The van der Waals surface area contributed by atoms with Crippen LogP contribution in [0.1, 0.15) is 31.2 Å². The highest BCUT2D eigenvalue weighted by Gasteiger charge is 2.35. The topological polar surface area (TPSA) is 50.4 Å². The van der Waals surface area contributed by atoms with Crippen molar-refractivity contribution >= 4 is 21.8 Å². The first-order valence-corrected chi connectivity index (χ1v) is 8.83. The van der Waals surface area contributed by atoms with Gasteiger partial charge in [0.2, 0.25) is 5.91 Å². The number of carbonyl (C=O) groups excluding carboxylic acids is 1. The van der Waals surface area contributed by atoms with Crippen molar-refractivity contribution in [3.8, 4) is 0 Å². The molecule has 0 unspecified atom stereocenters. The first kappa shape index (κ1) is 16.0. The Bertz CT molecular complexity index is 508. The van der Waals surface area contributed by atoms with Crippen molar-refractivity contribution in [3.63, 3.8) is 0 Å².